The minimum absolute atomic E-state index is 0.0528. The zero-order chi connectivity index (χ0) is 15.5. The summed E-state index contributed by atoms with van der Waals surface area (Å²) in [5.41, 5.74) is 4.98. The third-order valence-corrected chi connectivity index (χ3v) is 3.00. The van der Waals surface area contributed by atoms with E-state index in [0.29, 0.717) is 0 Å². The van der Waals surface area contributed by atoms with Crippen molar-refractivity contribution in [1.29, 1.82) is 0 Å². The highest BCUT2D eigenvalue weighted by molar-refractivity contribution is 6.40. The second kappa shape index (κ2) is 6.60. The van der Waals surface area contributed by atoms with Crippen molar-refractivity contribution < 1.29 is 23.1 Å². The van der Waals surface area contributed by atoms with Crippen LogP contribution in [0.5, 0.6) is 5.75 Å². The van der Waals surface area contributed by atoms with Crippen LogP contribution in [-0.2, 0) is 0 Å². The molecule has 0 spiro atoms. The first-order valence-corrected chi connectivity index (χ1v) is 6.11. The molecule has 0 heterocycles. The molecule has 112 valence electrons. The predicted octanol–water partition coefficient (Wildman–Crippen LogP) is 3.95. The molecule has 0 radical (unpaired) electrons. The molecule has 1 rings (SSSR count). The SMILES string of the molecule is NC(=NO)C(COc1c(Cl)cc(Cl)cc1Cl)C(F)(F)F. The molecule has 1 atom stereocenters. The molecule has 1 aromatic rings. The van der Waals surface area contributed by atoms with Gasteiger partial charge in [-0.25, -0.2) is 0 Å². The maximum Gasteiger partial charge on any atom is 0.402 e. The molecular weight excluding hydrogens is 343 g/mol. The lowest BCUT2D eigenvalue weighted by Gasteiger charge is -2.20. The van der Waals surface area contributed by atoms with Crippen molar-refractivity contribution in [3.05, 3.63) is 27.2 Å². The van der Waals surface area contributed by atoms with Crippen molar-refractivity contribution in [2.24, 2.45) is 16.8 Å². The number of hydrogen-bond acceptors (Lipinski definition) is 3. The number of amidine groups is 1. The predicted molar refractivity (Wildman–Crippen MR) is 69.9 cm³/mol. The number of hydrogen-bond donors (Lipinski definition) is 2. The zero-order valence-electron chi connectivity index (χ0n) is 9.59. The lowest BCUT2D eigenvalue weighted by atomic mass is 10.1. The molecule has 0 aliphatic rings. The number of nitrogens with zero attached hydrogens (tertiary/aromatic N) is 1. The summed E-state index contributed by atoms with van der Waals surface area (Å²) in [7, 11) is 0. The molecule has 0 fully saturated rings. The van der Waals surface area contributed by atoms with Crippen LogP contribution in [0.25, 0.3) is 0 Å². The average molecular weight is 352 g/mol. The summed E-state index contributed by atoms with van der Waals surface area (Å²) in [6.45, 7) is -0.944. The number of alkyl halides is 3. The summed E-state index contributed by atoms with van der Waals surface area (Å²) in [5, 5.41) is 10.8. The zero-order valence-corrected chi connectivity index (χ0v) is 11.9. The van der Waals surface area contributed by atoms with Crippen molar-refractivity contribution >= 4 is 40.6 Å². The van der Waals surface area contributed by atoms with Crippen molar-refractivity contribution in [3.8, 4) is 5.75 Å². The third-order valence-electron chi connectivity index (χ3n) is 2.23. The van der Waals surface area contributed by atoms with Crippen LogP contribution in [0.1, 0.15) is 0 Å². The summed E-state index contributed by atoms with van der Waals surface area (Å²) in [4.78, 5) is 0. The van der Waals surface area contributed by atoms with Gasteiger partial charge in [-0.05, 0) is 12.1 Å². The Morgan fingerprint density at radius 3 is 2.20 bits per heavy atom. The van der Waals surface area contributed by atoms with Gasteiger partial charge in [0.05, 0.1) is 10.0 Å². The Kier molecular flexibility index (Phi) is 5.61. The van der Waals surface area contributed by atoms with Gasteiger partial charge in [-0.2, -0.15) is 13.2 Å². The Labute approximate surface area is 126 Å². The summed E-state index contributed by atoms with van der Waals surface area (Å²) < 4.78 is 43.0. The lowest BCUT2D eigenvalue weighted by molar-refractivity contribution is -0.162. The Bertz CT molecular complexity index is 500. The topological polar surface area (TPSA) is 67.8 Å². The van der Waals surface area contributed by atoms with Gasteiger partial charge in [0, 0.05) is 5.02 Å². The van der Waals surface area contributed by atoms with Crippen LogP contribution in [-0.4, -0.2) is 23.8 Å². The Balaban J connectivity index is 2.95. The molecule has 0 saturated heterocycles. The first-order chi connectivity index (χ1) is 9.16. The van der Waals surface area contributed by atoms with Crippen LogP contribution in [0, 0.1) is 5.92 Å². The van der Waals surface area contributed by atoms with Gasteiger partial charge in [-0.1, -0.05) is 40.0 Å². The van der Waals surface area contributed by atoms with Gasteiger partial charge in [-0.15, -0.1) is 0 Å². The first-order valence-electron chi connectivity index (χ1n) is 4.98. The number of oxime groups is 1. The Morgan fingerprint density at radius 1 is 1.30 bits per heavy atom. The molecule has 0 aliphatic heterocycles. The van der Waals surface area contributed by atoms with E-state index in [1.54, 1.807) is 0 Å². The van der Waals surface area contributed by atoms with E-state index in [4.69, 9.17) is 50.5 Å². The van der Waals surface area contributed by atoms with Crippen molar-refractivity contribution in [2.75, 3.05) is 6.61 Å². The van der Waals surface area contributed by atoms with Crippen molar-refractivity contribution in [1.82, 2.24) is 0 Å². The van der Waals surface area contributed by atoms with E-state index in [0.717, 1.165) is 0 Å². The summed E-state index contributed by atoms with van der Waals surface area (Å²) in [6.07, 6.45) is -4.75. The molecule has 0 aliphatic carbocycles. The third kappa shape index (κ3) is 4.22. The largest absolute Gasteiger partial charge is 0.489 e. The molecule has 0 amide bonds. The highest BCUT2D eigenvalue weighted by atomic mass is 35.5. The molecule has 1 aromatic carbocycles. The van der Waals surface area contributed by atoms with Crippen LogP contribution >= 0.6 is 34.8 Å². The minimum Gasteiger partial charge on any atom is -0.489 e. The normalized spacial score (nSPS) is 14.2. The van der Waals surface area contributed by atoms with Gasteiger partial charge >= 0.3 is 6.18 Å². The number of benzene rings is 1. The highest BCUT2D eigenvalue weighted by Gasteiger charge is 2.43. The van der Waals surface area contributed by atoms with Gasteiger partial charge < -0.3 is 15.7 Å². The fourth-order valence-corrected chi connectivity index (χ4v) is 2.18. The maximum absolute atomic E-state index is 12.7. The van der Waals surface area contributed by atoms with E-state index >= 15 is 0 Å². The van der Waals surface area contributed by atoms with Crippen LogP contribution in [0.4, 0.5) is 13.2 Å². The average Bonchev–Trinajstić information content (AvgIpc) is 2.30. The summed E-state index contributed by atoms with van der Waals surface area (Å²) in [5.74, 6) is -3.49. The second-order valence-corrected chi connectivity index (χ2v) is 4.88. The van der Waals surface area contributed by atoms with E-state index in [-0.39, 0.29) is 20.8 Å². The Morgan fingerprint density at radius 2 is 1.80 bits per heavy atom. The van der Waals surface area contributed by atoms with Gasteiger partial charge in [0.25, 0.3) is 0 Å². The smallest absolute Gasteiger partial charge is 0.402 e. The monoisotopic (exact) mass is 350 g/mol. The molecular formula is C10H8Cl3F3N2O2. The minimum atomic E-state index is -4.75. The quantitative estimate of drug-likeness (QED) is 0.373. The highest BCUT2D eigenvalue weighted by Crippen LogP contribution is 2.37. The van der Waals surface area contributed by atoms with E-state index < -0.39 is 24.5 Å². The lowest BCUT2D eigenvalue weighted by Crippen LogP contribution is -2.40. The number of nitrogens with two attached hydrogens (primary N) is 1. The molecule has 3 N–H and O–H groups in total. The number of ether oxygens (including phenoxy) is 1. The molecule has 0 aromatic heterocycles. The fourth-order valence-electron chi connectivity index (χ4n) is 1.25. The second-order valence-electron chi connectivity index (χ2n) is 3.63. The van der Waals surface area contributed by atoms with Crippen LogP contribution in [0.2, 0.25) is 15.1 Å². The fraction of sp³-hybridized carbons (Fsp3) is 0.300. The van der Waals surface area contributed by atoms with Crippen molar-refractivity contribution in [2.45, 2.75) is 6.18 Å². The number of rotatable bonds is 4. The first kappa shape index (κ1) is 17.0. The molecule has 10 heteroatoms. The maximum atomic E-state index is 12.7. The molecule has 20 heavy (non-hydrogen) atoms. The standard InChI is InChI=1S/C10H8Cl3F3N2O2/c11-4-1-6(12)8(7(13)2-4)20-3-5(9(17)18-19)10(14,15)16/h1-2,5,19H,3H2,(H2,17,18). The van der Waals surface area contributed by atoms with E-state index in [1.165, 1.54) is 12.1 Å². The summed E-state index contributed by atoms with van der Waals surface area (Å²) >= 11 is 17.2. The van der Waals surface area contributed by atoms with Gasteiger partial charge in [0.15, 0.2) is 11.6 Å². The van der Waals surface area contributed by atoms with Crippen LogP contribution in [0.15, 0.2) is 17.3 Å². The molecule has 0 saturated carbocycles. The van der Waals surface area contributed by atoms with E-state index in [1.807, 2.05) is 0 Å². The van der Waals surface area contributed by atoms with E-state index in [2.05, 4.69) is 5.16 Å². The molecule has 0 bridgehead atoms. The van der Waals surface area contributed by atoms with E-state index in [9.17, 15) is 13.2 Å². The van der Waals surface area contributed by atoms with Crippen LogP contribution in [0.3, 0.4) is 0 Å². The number of halogens is 6. The Hall–Kier alpha value is -1.05. The van der Waals surface area contributed by atoms with Crippen LogP contribution < -0.4 is 10.5 Å². The molecule has 4 nitrogen and oxygen atoms in total. The van der Waals surface area contributed by atoms with Crippen molar-refractivity contribution in [3.63, 3.8) is 0 Å². The molecule has 1 unspecified atom stereocenters. The van der Waals surface area contributed by atoms with Gasteiger partial charge in [0.2, 0.25) is 0 Å². The van der Waals surface area contributed by atoms with Gasteiger partial charge in [0.1, 0.15) is 12.5 Å². The van der Waals surface area contributed by atoms with Gasteiger partial charge in [-0.3, -0.25) is 0 Å². The summed E-state index contributed by atoms with van der Waals surface area (Å²) in [6, 6.07) is 2.52.